The molecule has 0 aromatic heterocycles. The molecule has 148 valence electrons. The smallest absolute Gasteiger partial charge is 0.348 e. The quantitative estimate of drug-likeness (QED) is 0.440. The molecule has 0 fully saturated rings. The van der Waals surface area contributed by atoms with Gasteiger partial charge >= 0.3 is 11.9 Å². The van der Waals surface area contributed by atoms with E-state index in [0.717, 1.165) is 5.56 Å². The van der Waals surface area contributed by atoms with Gasteiger partial charge in [-0.1, -0.05) is 29.8 Å². The van der Waals surface area contributed by atoms with Gasteiger partial charge in [0.05, 0.1) is 12.2 Å². The summed E-state index contributed by atoms with van der Waals surface area (Å²) in [6.45, 7) is 3.33. The van der Waals surface area contributed by atoms with E-state index in [4.69, 9.17) is 14.7 Å². The average Bonchev–Trinajstić information content (AvgIpc) is 2.72. The summed E-state index contributed by atoms with van der Waals surface area (Å²) in [5, 5.41) is 11.7. The number of carbonyl (C=O) groups excluding carboxylic acids is 3. The molecule has 0 aliphatic rings. The Morgan fingerprint density at radius 2 is 1.69 bits per heavy atom. The molecule has 1 N–H and O–H groups in total. The Bertz CT molecular complexity index is 954. The van der Waals surface area contributed by atoms with E-state index in [2.05, 4.69) is 5.32 Å². The molecule has 0 aliphatic heterocycles. The number of amides is 1. The van der Waals surface area contributed by atoms with Gasteiger partial charge in [-0.15, -0.1) is 0 Å². The number of nitriles is 1. The Kier molecular flexibility index (Phi) is 7.68. The zero-order chi connectivity index (χ0) is 21.2. The van der Waals surface area contributed by atoms with Gasteiger partial charge in [0.15, 0.2) is 6.61 Å². The van der Waals surface area contributed by atoms with Crippen LogP contribution in [0.25, 0.3) is 6.08 Å². The van der Waals surface area contributed by atoms with Gasteiger partial charge in [0.2, 0.25) is 0 Å². The summed E-state index contributed by atoms with van der Waals surface area (Å²) in [4.78, 5) is 35.6. The summed E-state index contributed by atoms with van der Waals surface area (Å²) in [6.07, 6.45) is 1.36. The van der Waals surface area contributed by atoms with E-state index in [1.54, 1.807) is 37.3 Å². The molecule has 0 unspecified atom stereocenters. The van der Waals surface area contributed by atoms with Crippen LogP contribution in [0.4, 0.5) is 5.69 Å². The van der Waals surface area contributed by atoms with Crippen LogP contribution in [0.2, 0.25) is 0 Å². The first-order valence-electron chi connectivity index (χ1n) is 8.85. The van der Waals surface area contributed by atoms with Gasteiger partial charge in [0.1, 0.15) is 11.6 Å². The number of rotatable bonds is 7. The van der Waals surface area contributed by atoms with Crippen LogP contribution in [-0.4, -0.2) is 31.1 Å². The van der Waals surface area contributed by atoms with Crippen LogP contribution in [-0.2, 0) is 19.1 Å². The van der Waals surface area contributed by atoms with Gasteiger partial charge in [-0.2, -0.15) is 5.26 Å². The van der Waals surface area contributed by atoms with Crippen LogP contribution in [0.15, 0.2) is 54.1 Å². The van der Waals surface area contributed by atoms with Crippen molar-refractivity contribution < 1.29 is 23.9 Å². The van der Waals surface area contributed by atoms with Gasteiger partial charge in [0.25, 0.3) is 5.91 Å². The number of aryl methyl sites for hydroxylation is 1. The highest BCUT2D eigenvalue weighted by atomic mass is 16.5. The predicted octanol–water partition coefficient (Wildman–Crippen LogP) is 3.26. The van der Waals surface area contributed by atoms with E-state index in [1.807, 2.05) is 19.1 Å². The molecule has 0 spiro atoms. The maximum atomic E-state index is 12.1. The molecular weight excluding hydrogens is 372 g/mol. The van der Waals surface area contributed by atoms with Crippen molar-refractivity contribution in [2.75, 3.05) is 18.5 Å². The normalized spacial score (nSPS) is 10.6. The molecule has 7 nitrogen and oxygen atoms in total. The topological polar surface area (TPSA) is 105 Å². The lowest BCUT2D eigenvalue weighted by molar-refractivity contribution is -0.137. The van der Waals surface area contributed by atoms with Gasteiger partial charge in [-0.25, -0.2) is 9.59 Å². The highest BCUT2D eigenvalue weighted by molar-refractivity contribution is 5.98. The minimum absolute atomic E-state index is 0.144. The number of nitrogens with zero attached hydrogens (tertiary/aromatic N) is 1. The third kappa shape index (κ3) is 6.63. The monoisotopic (exact) mass is 392 g/mol. The second kappa shape index (κ2) is 10.4. The van der Waals surface area contributed by atoms with E-state index in [1.165, 1.54) is 18.2 Å². The Labute approximate surface area is 168 Å². The van der Waals surface area contributed by atoms with Crippen LogP contribution in [0.3, 0.4) is 0 Å². The van der Waals surface area contributed by atoms with Crippen molar-refractivity contribution in [1.82, 2.24) is 0 Å². The number of esters is 2. The molecule has 0 radical (unpaired) electrons. The molecule has 7 heteroatoms. The fraction of sp³-hybridized carbons (Fsp3) is 0.182. The Hall–Kier alpha value is -3.92. The second-order valence-corrected chi connectivity index (χ2v) is 6.00. The molecular formula is C22H20N2O5. The molecule has 0 saturated carbocycles. The zero-order valence-electron chi connectivity index (χ0n) is 16.1. The fourth-order valence-electron chi connectivity index (χ4n) is 2.28. The molecule has 1 amide bonds. The summed E-state index contributed by atoms with van der Waals surface area (Å²) >= 11 is 0. The van der Waals surface area contributed by atoms with Crippen LogP contribution in [0.5, 0.6) is 0 Å². The SMILES string of the molecule is CCOC(=O)/C(C#N)=C/c1ccc(C(=O)OCC(=O)Nc2ccc(C)cc2)cc1. The minimum atomic E-state index is -0.710. The highest BCUT2D eigenvalue weighted by Crippen LogP contribution is 2.12. The van der Waals surface area contributed by atoms with E-state index >= 15 is 0 Å². The lowest BCUT2D eigenvalue weighted by atomic mass is 10.1. The first-order chi connectivity index (χ1) is 13.9. The first kappa shape index (κ1) is 21.4. The van der Waals surface area contributed by atoms with Crippen molar-refractivity contribution in [3.63, 3.8) is 0 Å². The predicted molar refractivity (Wildman–Crippen MR) is 107 cm³/mol. The van der Waals surface area contributed by atoms with E-state index in [9.17, 15) is 14.4 Å². The number of carbonyl (C=O) groups is 3. The van der Waals surface area contributed by atoms with Gasteiger partial charge in [0, 0.05) is 5.69 Å². The Balaban J connectivity index is 1.93. The summed E-state index contributed by atoms with van der Waals surface area (Å²) in [6, 6.07) is 15.1. The fourth-order valence-corrected chi connectivity index (χ4v) is 2.28. The summed E-state index contributed by atoms with van der Waals surface area (Å²) in [7, 11) is 0. The molecule has 0 atom stereocenters. The molecule has 0 saturated heterocycles. The van der Waals surface area contributed by atoms with Crippen molar-refractivity contribution in [2.24, 2.45) is 0 Å². The number of benzene rings is 2. The summed E-state index contributed by atoms with van der Waals surface area (Å²) in [5.74, 6) is -1.82. The first-order valence-corrected chi connectivity index (χ1v) is 8.85. The number of anilines is 1. The van der Waals surface area contributed by atoms with E-state index in [0.29, 0.717) is 11.3 Å². The van der Waals surface area contributed by atoms with Crippen LogP contribution >= 0.6 is 0 Å². The number of hydrogen-bond acceptors (Lipinski definition) is 6. The maximum Gasteiger partial charge on any atom is 0.348 e. The molecule has 0 aliphatic carbocycles. The molecule has 29 heavy (non-hydrogen) atoms. The summed E-state index contributed by atoms with van der Waals surface area (Å²) < 4.78 is 9.80. The van der Waals surface area contributed by atoms with Crippen LogP contribution in [0.1, 0.15) is 28.4 Å². The minimum Gasteiger partial charge on any atom is -0.462 e. The molecule has 0 heterocycles. The highest BCUT2D eigenvalue weighted by Gasteiger charge is 2.12. The average molecular weight is 392 g/mol. The molecule has 2 aromatic rings. The standard InChI is InChI=1S/C22H20N2O5/c1-3-28-22(27)18(13-23)12-16-6-8-17(9-7-16)21(26)29-14-20(25)24-19-10-4-15(2)5-11-19/h4-12H,3,14H2,1-2H3,(H,24,25)/b18-12+. The molecule has 2 rings (SSSR count). The van der Waals surface area contributed by atoms with Crippen LogP contribution in [0, 0.1) is 18.3 Å². The molecule has 2 aromatic carbocycles. The van der Waals surface area contributed by atoms with Crippen molar-refractivity contribution >= 4 is 29.6 Å². The van der Waals surface area contributed by atoms with Crippen molar-refractivity contribution in [1.29, 1.82) is 5.26 Å². The second-order valence-electron chi connectivity index (χ2n) is 6.00. The number of nitrogens with one attached hydrogen (secondary N) is 1. The molecule has 0 bridgehead atoms. The van der Waals surface area contributed by atoms with Crippen LogP contribution < -0.4 is 5.32 Å². The Morgan fingerprint density at radius 1 is 1.03 bits per heavy atom. The largest absolute Gasteiger partial charge is 0.462 e. The van der Waals surface area contributed by atoms with E-state index < -0.39 is 24.5 Å². The van der Waals surface area contributed by atoms with Gasteiger partial charge in [-0.3, -0.25) is 4.79 Å². The van der Waals surface area contributed by atoms with Crippen molar-refractivity contribution in [2.45, 2.75) is 13.8 Å². The maximum absolute atomic E-state index is 12.1. The lowest BCUT2D eigenvalue weighted by Crippen LogP contribution is -2.20. The summed E-state index contributed by atoms with van der Waals surface area (Å²) in [5.41, 5.74) is 2.32. The Morgan fingerprint density at radius 3 is 2.28 bits per heavy atom. The van der Waals surface area contributed by atoms with Crippen molar-refractivity contribution in [3.8, 4) is 6.07 Å². The number of ether oxygens (including phenoxy) is 2. The third-order valence-corrected chi connectivity index (χ3v) is 3.74. The van der Waals surface area contributed by atoms with Gasteiger partial charge < -0.3 is 14.8 Å². The van der Waals surface area contributed by atoms with E-state index in [-0.39, 0.29) is 17.7 Å². The van der Waals surface area contributed by atoms with Crippen molar-refractivity contribution in [3.05, 3.63) is 70.8 Å². The van der Waals surface area contributed by atoms with Gasteiger partial charge in [-0.05, 0) is 49.8 Å². The third-order valence-electron chi connectivity index (χ3n) is 3.74. The zero-order valence-corrected chi connectivity index (χ0v) is 16.1. The number of hydrogen-bond donors (Lipinski definition) is 1. The lowest BCUT2D eigenvalue weighted by Gasteiger charge is -2.07.